The van der Waals surface area contributed by atoms with Gasteiger partial charge in [0.05, 0.1) is 18.5 Å². The topological polar surface area (TPSA) is 105 Å². The number of carbonyl (C=O) groups is 2. The van der Waals surface area contributed by atoms with Gasteiger partial charge in [0.25, 0.3) is 0 Å². The molecule has 0 spiro atoms. The van der Waals surface area contributed by atoms with Gasteiger partial charge >= 0.3 is 6.09 Å². The van der Waals surface area contributed by atoms with Crippen LogP contribution in [-0.2, 0) is 9.53 Å². The predicted molar refractivity (Wildman–Crippen MR) is 95.1 cm³/mol. The minimum atomic E-state index is -0.492. The number of nitrogens with two attached hydrogens (primary N) is 1. The Labute approximate surface area is 145 Å². The molecule has 0 aliphatic carbocycles. The van der Waals surface area contributed by atoms with Crippen molar-refractivity contribution >= 4 is 34.8 Å². The highest BCUT2D eigenvalue weighted by Crippen LogP contribution is 2.24. The number of pyridine rings is 1. The summed E-state index contributed by atoms with van der Waals surface area (Å²) in [6.45, 7) is 4.83. The number of carbonyl (C=O) groups excluding carboxylic acids is 2. The van der Waals surface area contributed by atoms with E-state index in [1.165, 1.54) is 6.08 Å². The third-order valence-corrected chi connectivity index (χ3v) is 4.15. The van der Waals surface area contributed by atoms with E-state index in [0.29, 0.717) is 32.8 Å². The molecule has 2 aromatic rings. The first-order valence-corrected chi connectivity index (χ1v) is 8.19. The minimum Gasteiger partial charge on any atom is -0.450 e. The van der Waals surface area contributed by atoms with Crippen molar-refractivity contribution in [1.29, 1.82) is 0 Å². The van der Waals surface area contributed by atoms with Crippen LogP contribution in [0.2, 0.25) is 0 Å². The summed E-state index contributed by atoms with van der Waals surface area (Å²) in [7, 11) is 0. The summed E-state index contributed by atoms with van der Waals surface area (Å²) in [6, 6.07) is 2.03. The summed E-state index contributed by atoms with van der Waals surface area (Å²) in [5.41, 5.74) is 7.74. The van der Waals surface area contributed by atoms with Gasteiger partial charge in [-0.25, -0.2) is 9.78 Å². The van der Waals surface area contributed by atoms with E-state index in [9.17, 15) is 9.59 Å². The highest BCUT2D eigenvalue weighted by atomic mass is 16.6. The lowest BCUT2D eigenvalue weighted by atomic mass is 10.2. The molecule has 0 bridgehead atoms. The minimum absolute atomic E-state index is 0.264. The predicted octanol–water partition coefficient (Wildman–Crippen LogP) is 1.34. The second-order valence-electron chi connectivity index (χ2n) is 5.74. The molecule has 0 unspecified atom stereocenters. The molecular weight excluding hydrogens is 322 g/mol. The lowest BCUT2D eigenvalue weighted by Gasteiger charge is -2.35. The molecule has 1 aliphatic heterocycles. The summed E-state index contributed by atoms with van der Waals surface area (Å²) < 4.78 is 5.04. The maximum absolute atomic E-state index is 11.8. The Morgan fingerprint density at radius 3 is 2.80 bits per heavy atom. The van der Waals surface area contributed by atoms with E-state index in [1.807, 2.05) is 6.07 Å². The normalized spacial score (nSPS) is 15.1. The van der Waals surface area contributed by atoms with Gasteiger partial charge in [0.2, 0.25) is 5.91 Å². The molecule has 3 N–H and O–H groups in total. The Morgan fingerprint density at radius 2 is 2.12 bits per heavy atom. The average molecular weight is 343 g/mol. The van der Waals surface area contributed by atoms with Gasteiger partial charge < -0.3 is 25.3 Å². The van der Waals surface area contributed by atoms with Crippen LogP contribution in [0.15, 0.2) is 24.5 Å². The van der Waals surface area contributed by atoms with Crippen LogP contribution in [0.4, 0.5) is 10.5 Å². The zero-order chi connectivity index (χ0) is 17.8. The first kappa shape index (κ1) is 16.8. The van der Waals surface area contributed by atoms with Gasteiger partial charge in [-0.15, -0.1) is 0 Å². The summed E-state index contributed by atoms with van der Waals surface area (Å²) >= 11 is 0. The lowest BCUT2D eigenvalue weighted by molar-refractivity contribution is -0.113. The Balaban J connectivity index is 1.75. The first-order valence-electron chi connectivity index (χ1n) is 8.19. The van der Waals surface area contributed by atoms with Gasteiger partial charge in [-0.3, -0.25) is 4.79 Å². The molecule has 3 rings (SSSR count). The molecular formula is C17H21N5O3. The van der Waals surface area contributed by atoms with Crippen molar-refractivity contribution in [2.75, 3.05) is 37.7 Å². The van der Waals surface area contributed by atoms with E-state index in [0.717, 1.165) is 22.3 Å². The largest absolute Gasteiger partial charge is 0.450 e. The number of amides is 2. The van der Waals surface area contributed by atoms with E-state index in [1.54, 1.807) is 30.3 Å². The molecule has 0 radical (unpaired) electrons. The average Bonchev–Trinajstić information content (AvgIpc) is 3.02. The monoisotopic (exact) mass is 343 g/mol. The van der Waals surface area contributed by atoms with Crippen molar-refractivity contribution in [3.63, 3.8) is 0 Å². The number of aromatic nitrogens is 2. The van der Waals surface area contributed by atoms with Crippen LogP contribution in [-0.4, -0.2) is 59.7 Å². The van der Waals surface area contributed by atoms with Crippen molar-refractivity contribution in [3.8, 4) is 0 Å². The van der Waals surface area contributed by atoms with Gasteiger partial charge in [-0.05, 0) is 19.1 Å². The number of anilines is 1. The SMILES string of the molecule is CCOC(=O)N1CCN(c2cnc3[nH]cc(/C=C/C(N)=O)c3c2)CC1. The third kappa shape index (κ3) is 3.73. The summed E-state index contributed by atoms with van der Waals surface area (Å²) in [6.07, 6.45) is 6.33. The Bertz CT molecular complexity index is 806. The molecule has 0 aromatic carbocycles. The number of H-pyrrole nitrogens is 1. The van der Waals surface area contributed by atoms with Crippen molar-refractivity contribution in [2.45, 2.75) is 6.92 Å². The summed E-state index contributed by atoms with van der Waals surface area (Å²) in [4.78, 5) is 34.1. The fraction of sp³-hybridized carbons (Fsp3) is 0.353. The van der Waals surface area contributed by atoms with Crippen LogP contribution in [0.5, 0.6) is 0 Å². The number of ether oxygens (including phenoxy) is 1. The number of nitrogens with zero attached hydrogens (tertiary/aromatic N) is 3. The molecule has 0 atom stereocenters. The van der Waals surface area contributed by atoms with E-state index >= 15 is 0 Å². The zero-order valence-corrected chi connectivity index (χ0v) is 14.1. The molecule has 3 heterocycles. The number of rotatable bonds is 4. The highest BCUT2D eigenvalue weighted by Gasteiger charge is 2.22. The second-order valence-corrected chi connectivity index (χ2v) is 5.74. The lowest BCUT2D eigenvalue weighted by Crippen LogP contribution is -2.49. The number of aromatic amines is 1. The Kier molecular flexibility index (Phi) is 4.87. The van der Waals surface area contributed by atoms with Crippen molar-refractivity contribution in [1.82, 2.24) is 14.9 Å². The zero-order valence-electron chi connectivity index (χ0n) is 14.1. The van der Waals surface area contributed by atoms with Gasteiger partial charge in [-0.2, -0.15) is 0 Å². The van der Waals surface area contributed by atoms with E-state index in [2.05, 4.69) is 14.9 Å². The van der Waals surface area contributed by atoms with Crippen molar-refractivity contribution in [3.05, 3.63) is 30.1 Å². The molecule has 132 valence electrons. The molecule has 25 heavy (non-hydrogen) atoms. The standard InChI is InChI=1S/C17H21N5O3/c1-2-25-17(24)22-7-5-21(6-8-22)13-9-14-12(3-4-15(18)23)10-19-16(14)20-11-13/h3-4,9-11H,2,5-8H2,1H3,(H2,18,23)(H,19,20)/b4-3+. The van der Waals surface area contributed by atoms with Crippen LogP contribution >= 0.6 is 0 Å². The number of piperazine rings is 1. The van der Waals surface area contributed by atoms with Crippen LogP contribution in [0.1, 0.15) is 12.5 Å². The van der Waals surface area contributed by atoms with E-state index in [-0.39, 0.29) is 6.09 Å². The van der Waals surface area contributed by atoms with E-state index < -0.39 is 5.91 Å². The van der Waals surface area contributed by atoms with Gasteiger partial charge in [0, 0.05) is 49.4 Å². The molecule has 2 aromatic heterocycles. The number of primary amides is 1. The first-order chi connectivity index (χ1) is 12.1. The molecule has 8 nitrogen and oxygen atoms in total. The van der Waals surface area contributed by atoms with Crippen molar-refractivity contribution in [2.24, 2.45) is 5.73 Å². The fourth-order valence-electron chi connectivity index (χ4n) is 2.86. The second kappa shape index (κ2) is 7.25. The summed E-state index contributed by atoms with van der Waals surface area (Å²) in [5, 5.41) is 0.919. The third-order valence-electron chi connectivity index (χ3n) is 4.15. The van der Waals surface area contributed by atoms with Crippen LogP contribution < -0.4 is 10.6 Å². The van der Waals surface area contributed by atoms with Crippen molar-refractivity contribution < 1.29 is 14.3 Å². The molecule has 0 saturated carbocycles. The van der Waals surface area contributed by atoms with Gasteiger partial charge in [0.15, 0.2) is 0 Å². The molecule has 2 amide bonds. The maximum atomic E-state index is 11.8. The Hall–Kier alpha value is -3.03. The van der Waals surface area contributed by atoms with Gasteiger partial charge in [0.1, 0.15) is 5.65 Å². The smallest absolute Gasteiger partial charge is 0.409 e. The number of hydrogen-bond donors (Lipinski definition) is 2. The summed E-state index contributed by atoms with van der Waals surface area (Å²) in [5.74, 6) is -0.492. The Morgan fingerprint density at radius 1 is 1.36 bits per heavy atom. The van der Waals surface area contributed by atoms with Crippen LogP contribution in [0, 0.1) is 0 Å². The van der Waals surface area contributed by atoms with Gasteiger partial charge in [-0.1, -0.05) is 0 Å². The molecule has 8 heteroatoms. The molecule has 1 aliphatic rings. The quantitative estimate of drug-likeness (QED) is 0.815. The molecule has 1 fully saturated rings. The van der Waals surface area contributed by atoms with Crippen LogP contribution in [0.3, 0.4) is 0 Å². The molecule has 1 saturated heterocycles. The maximum Gasteiger partial charge on any atom is 0.409 e. The van der Waals surface area contributed by atoms with Crippen LogP contribution in [0.25, 0.3) is 17.1 Å². The van der Waals surface area contributed by atoms with E-state index in [4.69, 9.17) is 10.5 Å². The number of hydrogen-bond acceptors (Lipinski definition) is 5. The fourth-order valence-corrected chi connectivity index (χ4v) is 2.86. The number of nitrogens with one attached hydrogen (secondary N) is 1. The number of fused-ring (bicyclic) bond motifs is 1. The highest BCUT2D eigenvalue weighted by molar-refractivity contribution is 5.95.